The number of hydrogen-bond acceptors (Lipinski definition) is 3. The van der Waals surface area contributed by atoms with Crippen molar-refractivity contribution in [3.63, 3.8) is 0 Å². The van der Waals surface area contributed by atoms with Crippen LogP contribution in [0.25, 0.3) is 22.7 Å². The molecule has 24 heavy (non-hydrogen) atoms. The van der Waals surface area contributed by atoms with Crippen LogP contribution in [0, 0.1) is 6.92 Å². The Labute approximate surface area is 142 Å². The summed E-state index contributed by atoms with van der Waals surface area (Å²) < 4.78 is 2.36. The Kier molecular flexibility index (Phi) is 3.69. The fourth-order valence-corrected chi connectivity index (χ4v) is 3.55. The number of nitrogens with zero attached hydrogens (tertiary/aromatic N) is 4. The molecule has 3 heterocycles. The summed E-state index contributed by atoms with van der Waals surface area (Å²) in [6.45, 7) is 6.38. The lowest BCUT2D eigenvalue weighted by atomic mass is 10.0. The molecule has 3 aromatic rings. The number of rotatable bonds is 2. The largest absolute Gasteiger partial charge is 0.320 e. The van der Waals surface area contributed by atoms with Crippen molar-refractivity contribution < 1.29 is 0 Å². The summed E-state index contributed by atoms with van der Waals surface area (Å²) in [5.74, 6) is 0. The first-order valence-corrected chi connectivity index (χ1v) is 8.39. The van der Waals surface area contributed by atoms with Gasteiger partial charge in [-0.3, -0.25) is 9.97 Å². The topological polar surface area (TPSA) is 34.0 Å². The molecule has 4 nitrogen and oxygen atoms in total. The molecule has 2 aromatic heterocycles. The van der Waals surface area contributed by atoms with Crippen LogP contribution in [0.15, 0.2) is 36.8 Å². The molecule has 0 saturated heterocycles. The minimum atomic E-state index is 0.924. The van der Waals surface area contributed by atoms with Crippen molar-refractivity contribution in [3.8, 4) is 0 Å². The van der Waals surface area contributed by atoms with Crippen molar-refractivity contribution >= 4 is 22.7 Å². The van der Waals surface area contributed by atoms with Gasteiger partial charge in [-0.1, -0.05) is 11.6 Å². The summed E-state index contributed by atoms with van der Waals surface area (Å²) in [6, 6.07) is 6.75. The second-order valence-corrected chi connectivity index (χ2v) is 6.71. The first-order valence-electron chi connectivity index (χ1n) is 8.39. The van der Waals surface area contributed by atoms with E-state index >= 15 is 0 Å². The van der Waals surface area contributed by atoms with Crippen LogP contribution >= 0.6 is 0 Å². The predicted octanol–water partition coefficient (Wildman–Crippen LogP) is 3.75. The Morgan fingerprint density at radius 2 is 2.12 bits per heavy atom. The molecule has 0 bridgehead atoms. The minimum Gasteiger partial charge on any atom is -0.320 e. The van der Waals surface area contributed by atoms with Gasteiger partial charge < -0.3 is 9.47 Å². The third kappa shape index (κ3) is 2.53. The highest BCUT2D eigenvalue weighted by Crippen LogP contribution is 2.32. The molecule has 1 aliphatic heterocycles. The molecule has 0 spiro atoms. The van der Waals surface area contributed by atoms with Crippen LogP contribution in [0.2, 0.25) is 0 Å². The van der Waals surface area contributed by atoms with E-state index in [0.717, 1.165) is 30.8 Å². The Morgan fingerprint density at radius 1 is 1.25 bits per heavy atom. The maximum Gasteiger partial charge on any atom is 0.0856 e. The molecule has 0 atom stereocenters. The van der Waals surface area contributed by atoms with Crippen molar-refractivity contribution in [2.24, 2.45) is 0 Å². The summed E-state index contributed by atoms with van der Waals surface area (Å²) in [4.78, 5) is 11.0. The van der Waals surface area contributed by atoms with Gasteiger partial charge in [-0.05, 0) is 44.2 Å². The molecule has 0 amide bonds. The molecule has 1 aliphatic rings. The van der Waals surface area contributed by atoms with Crippen molar-refractivity contribution in [1.29, 1.82) is 0 Å². The Balaban J connectivity index is 1.92. The average molecular weight is 318 g/mol. The number of hydrogen-bond donors (Lipinski definition) is 0. The van der Waals surface area contributed by atoms with Crippen molar-refractivity contribution in [2.75, 3.05) is 13.6 Å². The smallest absolute Gasteiger partial charge is 0.0856 e. The Bertz CT molecular complexity index is 922. The molecule has 4 heteroatoms. The first-order chi connectivity index (χ1) is 11.6. The highest BCUT2D eigenvalue weighted by Gasteiger charge is 2.21. The molecular formula is C20H22N4. The number of benzene rings is 1. The average Bonchev–Trinajstić information content (AvgIpc) is 2.88. The first kappa shape index (κ1) is 15.1. The van der Waals surface area contributed by atoms with Crippen LogP contribution in [0.3, 0.4) is 0 Å². The van der Waals surface area contributed by atoms with Gasteiger partial charge in [0, 0.05) is 49.2 Å². The van der Waals surface area contributed by atoms with Gasteiger partial charge in [0.05, 0.1) is 17.4 Å². The van der Waals surface area contributed by atoms with Crippen LogP contribution < -0.4 is 0 Å². The van der Waals surface area contributed by atoms with Gasteiger partial charge in [0.1, 0.15) is 0 Å². The van der Waals surface area contributed by atoms with Gasteiger partial charge in [0.15, 0.2) is 0 Å². The zero-order valence-electron chi connectivity index (χ0n) is 14.5. The van der Waals surface area contributed by atoms with E-state index in [1.165, 1.54) is 27.7 Å². The van der Waals surface area contributed by atoms with Crippen LogP contribution in [-0.4, -0.2) is 33.0 Å². The molecule has 122 valence electrons. The summed E-state index contributed by atoms with van der Waals surface area (Å²) in [6.07, 6.45) is 8.56. The summed E-state index contributed by atoms with van der Waals surface area (Å²) in [5, 5.41) is 1.37. The fourth-order valence-electron chi connectivity index (χ4n) is 3.55. The lowest BCUT2D eigenvalue weighted by molar-refractivity contribution is 0.312. The molecule has 4 rings (SSSR count). The van der Waals surface area contributed by atoms with E-state index in [-0.39, 0.29) is 0 Å². The number of aryl methyl sites for hydroxylation is 1. The van der Waals surface area contributed by atoms with Gasteiger partial charge in [-0.25, -0.2) is 0 Å². The second-order valence-electron chi connectivity index (χ2n) is 6.71. The maximum atomic E-state index is 4.43. The van der Waals surface area contributed by atoms with Gasteiger partial charge in [-0.2, -0.15) is 0 Å². The third-order valence-electron chi connectivity index (χ3n) is 4.82. The van der Waals surface area contributed by atoms with Crippen LogP contribution in [0.1, 0.15) is 29.4 Å². The van der Waals surface area contributed by atoms with Crippen molar-refractivity contribution in [2.45, 2.75) is 26.8 Å². The molecule has 0 N–H and O–H groups in total. The number of aromatic nitrogens is 3. The van der Waals surface area contributed by atoms with E-state index < -0.39 is 0 Å². The summed E-state index contributed by atoms with van der Waals surface area (Å²) >= 11 is 0. The van der Waals surface area contributed by atoms with E-state index in [1.807, 2.05) is 6.20 Å². The Hall–Kier alpha value is -2.46. The Morgan fingerprint density at radius 3 is 2.92 bits per heavy atom. The van der Waals surface area contributed by atoms with Crippen molar-refractivity contribution in [3.05, 3.63) is 59.3 Å². The fraction of sp³-hybridized carbons (Fsp3) is 0.300. The quantitative estimate of drug-likeness (QED) is 0.722. The molecule has 0 fully saturated rings. The van der Waals surface area contributed by atoms with Crippen molar-refractivity contribution in [1.82, 2.24) is 19.4 Å². The van der Waals surface area contributed by atoms with E-state index in [2.05, 4.69) is 64.7 Å². The zero-order valence-corrected chi connectivity index (χ0v) is 14.5. The lowest BCUT2D eigenvalue weighted by Gasteiger charge is -2.23. The SMILES string of the molecule is C/C(=C\n1c2c(c3cc(C)ccc31)CN(C)CC2)c1cnccn1. The highest BCUT2D eigenvalue weighted by molar-refractivity contribution is 5.90. The molecular weight excluding hydrogens is 296 g/mol. The lowest BCUT2D eigenvalue weighted by Crippen LogP contribution is -2.26. The highest BCUT2D eigenvalue weighted by atomic mass is 15.1. The number of likely N-dealkylation sites (N-methyl/N-ethyl adjacent to an activating group) is 1. The van der Waals surface area contributed by atoms with Crippen LogP contribution in [0.5, 0.6) is 0 Å². The second kappa shape index (κ2) is 5.87. The van der Waals surface area contributed by atoms with Gasteiger partial charge in [-0.15, -0.1) is 0 Å². The van der Waals surface area contributed by atoms with Crippen LogP contribution in [0.4, 0.5) is 0 Å². The van der Waals surface area contributed by atoms with Gasteiger partial charge in [0.2, 0.25) is 0 Å². The molecule has 0 saturated carbocycles. The standard InChI is InChI=1S/C20H22N4/c1-14-4-5-19-16(10-14)17-13-23(3)9-6-20(17)24(19)12-15(2)18-11-21-7-8-22-18/h4-5,7-8,10-12H,6,9,13H2,1-3H3/b15-12+. The zero-order chi connectivity index (χ0) is 16.7. The van der Waals surface area contributed by atoms with E-state index in [1.54, 1.807) is 12.4 Å². The number of allylic oxidation sites excluding steroid dienone is 1. The van der Waals surface area contributed by atoms with E-state index in [4.69, 9.17) is 0 Å². The third-order valence-corrected chi connectivity index (χ3v) is 4.82. The molecule has 0 unspecified atom stereocenters. The van der Waals surface area contributed by atoms with Gasteiger partial charge >= 0.3 is 0 Å². The number of fused-ring (bicyclic) bond motifs is 3. The predicted molar refractivity (Wildman–Crippen MR) is 98.6 cm³/mol. The monoisotopic (exact) mass is 318 g/mol. The maximum absolute atomic E-state index is 4.43. The van der Waals surface area contributed by atoms with Gasteiger partial charge in [0.25, 0.3) is 0 Å². The van der Waals surface area contributed by atoms with E-state index in [0.29, 0.717) is 0 Å². The molecule has 1 aromatic carbocycles. The summed E-state index contributed by atoms with van der Waals surface area (Å²) in [7, 11) is 2.20. The molecule has 0 radical (unpaired) electrons. The summed E-state index contributed by atoms with van der Waals surface area (Å²) in [5.41, 5.74) is 7.53. The van der Waals surface area contributed by atoms with Crippen LogP contribution in [-0.2, 0) is 13.0 Å². The minimum absolute atomic E-state index is 0.924. The molecule has 0 aliphatic carbocycles. The van der Waals surface area contributed by atoms with E-state index in [9.17, 15) is 0 Å². The normalized spacial score (nSPS) is 15.7.